The van der Waals surface area contributed by atoms with Gasteiger partial charge in [-0.2, -0.15) is 0 Å². The summed E-state index contributed by atoms with van der Waals surface area (Å²) in [4.78, 5) is 0. The van der Waals surface area contributed by atoms with Gasteiger partial charge in [0.05, 0.1) is 0 Å². The molecule has 0 nitrogen and oxygen atoms in total. The van der Waals surface area contributed by atoms with Crippen molar-refractivity contribution < 1.29 is 0 Å². The topological polar surface area (TPSA) is 0 Å². The van der Waals surface area contributed by atoms with Gasteiger partial charge in [-0.3, -0.25) is 0 Å². The van der Waals surface area contributed by atoms with Crippen LogP contribution in [0.3, 0.4) is 0 Å². The average molecular weight is 147 g/mol. The molecule has 1 radical (unpaired) electrons. The lowest BCUT2D eigenvalue weighted by Crippen LogP contribution is -1.91. The molecule has 0 unspecified atom stereocenters. The van der Waals surface area contributed by atoms with Crippen molar-refractivity contribution in [2.75, 3.05) is 0 Å². The molecule has 0 aromatic heterocycles. The van der Waals surface area contributed by atoms with Gasteiger partial charge in [0.1, 0.15) is 0 Å². The Labute approximate surface area is 69.3 Å². The van der Waals surface area contributed by atoms with Crippen molar-refractivity contribution >= 4 is 0 Å². The highest BCUT2D eigenvalue weighted by Gasteiger charge is 1.98. The largest absolute Gasteiger partial charge is 0.0617 e. The molecule has 0 N–H and O–H groups in total. The van der Waals surface area contributed by atoms with Crippen LogP contribution in [0.5, 0.6) is 0 Å². The summed E-state index contributed by atoms with van der Waals surface area (Å²) in [5.41, 5.74) is 3.99. The van der Waals surface area contributed by atoms with Gasteiger partial charge < -0.3 is 0 Å². The monoisotopic (exact) mass is 147 g/mol. The van der Waals surface area contributed by atoms with E-state index >= 15 is 0 Å². The van der Waals surface area contributed by atoms with Crippen LogP contribution in [-0.4, -0.2) is 0 Å². The molecule has 59 valence electrons. The summed E-state index contributed by atoms with van der Waals surface area (Å²) in [5, 5.41) is 0. The fraction of sp³-hybridized carbons (Fsp3) is 0.364. The second-order valence-electron chi connectivity index (χ2n) is 2.76. The van der Waals surface area contributed by atoms with Crippen molar-refractivity contribution in [2.24, 2.45) is 0 Å². The zero-order valence-electron chi connectivity index (χ0n) is 7.35. The predicted octanol–water partition coefficient (Wildman–Crippen LogP) is 2.99. The molecule has 1 aromatic carbocycles. The van der Waals surface area contributed by atoms with Gasteiger partial charge in [-0.25, -0.2) is 0 Å². The first-order valence-corrected chi connectivity index (χ1v) is 4.22. The lowest BCUT2D eigenvalue weighted by atomic mass is 9.99. The lowest BCUT2D eigenvalue weighted by Gasteiger charge is -2.06. The quantitative estimate of drug-likeness (QED) is 0.603. The smallest absolute Gasteiger partial charge is 0.0233 e. The Morgan fingerprint density at radius 1 is 1.09 bits per heavy atom. The molecule has 0 aliphatic heterocycles. The highest BCUT2D eigenvalue weighted by molar-refractivity contribution is 5.37. The van der Waals surface area contributed by atoms with E-state index in [1.54, 1.807) is 0 Å². The highest BCUT2D eigenvalue weighted by Crippen LogP contribution is 2.14. The van der Waals surface area contributed by atoms with E-state index in [1.807, 2.05) is 0 Å². The minimum Gasteiger partial charge on any atom is -0.0617 e. The standard InChI is InChI=1S/C11H15/c1-4-10-7-6-8-11(5-2)9(10)3/h6-8H,3-5H2,1-2H3. The average Bonchev–Trinajstić information content (AvgIpc) is 2.05. The number of rotatable bonds is 2. The summed E-state index contributed by atoms with van der Waals surface area (Å²) >= 11 is 0. The molecule has 0 heterocycles. The summed E-state index contributed by atoms with van der Waals surface area (Å²) in [6.07, 6.45) is 2.18. The molecule has 0 saturated heterocycles. The van der Waals surface area contributed by atoms with Crippen molar-refractivity contribution in [3.63, 3.8) is 0 Å². The summed E-state index contributed by atoms with van der Waals surface area (Å²) in [5.74, 6) is 0. The van der Waals surface area contributed by atoms with Gasteiger partial charge >= 0.3 is 0 Å². The fourth-order valence-corrected chi connectivity index (χ4v) is 1.35. The predicted molar refractivity (Wildman–Crippen MR) is 49.7 cm³/mol. The van der Waals surface area contributed by atoms with E-state index in [9.17, 15) is 0 Å². The molecular formula is C11H15. The molecule has 11 heavy (non-hydrogen) atoms. The third-order valence-corrected chi connectivity index (χ3v) is 2.13. The third-order valence-electron chi connectivity index (χ3n) is 2.13. The van der Waals surface area contributed by atoms with Crippen LogP contribution in [0.25, 0.3) is 0 Å². The number of aryl methyl sites for hydroxylation is 2. The van der Waals surface area contributed by atoms with Crippen LogP contribution >= 0.6 is 0 Å². The van der Waals surface area contributed by atoms with E-state index in [-0.39, 0.29) is 0 Å². The Kier molecular flexibility index (Phi) is 2.70. The third kappa shape index (κ3) is 1.62. The minimum atomic E-state index is 1.09. The lowest BCUT2D eigenvalue weighted by molar-refractivity contribution is 1.07. The first kappa shape index (κ1) is 8.32. The van der Waals surface area contributed by atoms with Gasteiger partial charge in [-0.1, -0.05) is 32.0 Å². The van der Waals surface area contributed by atoms with Crippen LogP contribution in [0.4, 0.5) is 0 Å². The Morgan fingerprint density at radius 3 is 1.91 bits per heavy atom. The normalized spacial score (nSPS) is 10.1. The van der Waals surface area contributed by atoms with E-state index in [1.165, 1.54) is 16.7 Å². The molecule has 0 atom stereocenters. The van der Waals surface area contributed by atoms with Crippen LogP contribution < -0.4 is 0 Å². The molecule has 0 fully saturated rings. The summed E-state index contributed by atoms with van der Waals surface area (Å²) in [6, 6.07) is 6.43. The first-order valence-electron chi connectivity index (χ1n) is 4.22. The molecule has 0 bridgehead atoms. The number of hydrogen-bond donors (Lipinski definition) is 0. The van der Waals surface area contributed by atoms with Crippen molar-refractivity contribution in [1.82, 2.24) is 0 Å². The Hall–Kier alpha value is -0.780. The van der Waals surface area contributed by atoms with E-state index in [2.05, 4.69) is 39.0 Å². The molecular weight excluding hydrogens is 132 g/mol. The van der Waals surface area contributed by atoms with Gasteiger partial charge in [-0.05, 0) is 36.5 Å². The molecule has 0 saturated carbocycles. The second kappa shape index (κ2) is 3.56. The van der Waals surface area contributed by atoms with E-state index in [0.29, 0.717) is 0 Å². The summed E-state index contributed by atoms with van der Waals surface area (Å²) in [7, 11) is 0. The Balaban J connectivity index is 3.10. The van der Waals surface area contributed by atoms with E-state index < -0.39 is 0 Å². The maximum Gasteiger partial charge on any atom is -0.0233 e. The molecule has 1 rings (SSSR count). The van der Waals surface area contributed by atoms with Crippen LogP contribution in [0.1, 0.15) is 30.5 Å². The van der Waals surface area contributed by atoms with Gasteiger partial charge in [-0.15, -0.1) is 0 Å². The van der Waals surface area contributed by atoms with Crippen LogP contribution in [-0.2, 0) is 12.8 Å². The molecule has 0 amide bonds. The second-order valence-corrected chi connectivity index (χ2v) is 2.76. The maximum atomic E-state index is 4.06. The first-order chi connectivity index (χ1) is 5.29. The van der Waals surface area contributed by atoms with Crippen molar-refractivity contribution in [2.45, 2.75) is 26.7 Å². The molecule has 0 aliphatic carbocycles. The SMILES string of the molecule is [CH2]c1c(CC)cccc1CC. The minimum absolute atomic E-state index is 1.09. The fourth-order valence-electron chi connectivity index (χ4n) is 1.35. The van der Waals surface area contributed by atoms with E-state index in [4.69, 9.17) is 0 Å². The van der Waals surface area contributed by atoms with E-state index in [0.717, 1.165) is 12.8 Å². The molecule has 0 heteroatoms. The van der Waals surface area contributed by atoms with Crippen molar-refractivity contribution in [3.8, 4) is 0 Å². The number of hydrogen-bond acceptors (Lipinski definition) is 0. The zero-order chi connectivity index (χ0) is 8.27. The van der Waals surface area contributed by atoms with Crippen LogP contribution in [0.2, 0.25) is 0 Å². The molecule has 1 aromatic rings. The van der Waals surface area contributed by atoms with Gasteiger partial charge in [0.25, 0.3) is 0 Å². The summed E-state index contributed by atoms with van der Waals surface area (Å²) < 4.78 is 0. The van der Waals surface area contributed by atoms with Gasteiger partial charge in [0.2, 0.25) is 0 Å². The van der Waals surface area contributed by atoms with Crippen molar-refractivity contribution in [3.05, 3.63) is 41.8 Å². The highest BCUT2D eigenvalue weighted by atomic mass is 14.0. The Morgan fingerprint density at radius 2 is 1.55 bits per heavy atom. The summed E-state index contributed by atoms with van der Waals surface area (Å²) in [6.45, 7) is 8.40. The van der Waals surface area contributed by atoms with Gasteiger partial charge in [0.15, 0.2) is 0 Å². The Bertz CT molecular complexity index is 214. The number of benzene rings is 1. The molecule has 0 spiro atoms. The van der Waals surface area contributed by atoms with Crippen molar-refractivity contribution in [1.29, 1.82) is 0 Å². The maximum absolute atomic E-state index is 4.06. The van der Waals surface area contributed by atoms with Crippen LogP contribution in [0.15, 0.2) is 18.2 Å². The van der Waals surface area contributed by atoms with Crippen LogP contribution in [0, 0.1) is 6.92 Å². The molecule has 0 aliphatic rings. The zero-order valence-corrected chi connectivity index (χ0v) is 7.35. The van der Waals surface area contributed by atoms with Gasteiger partial charge in [0, 0.05) is 0 Å².